The maximum Gasteiger partial charge on any atom is 0.373 e. The molecule has 1 aromatic heterocycles. The van der Waals surface area contributed by atoms with Gasteiger partial charge in [0, 0.05) is 19.2 Å². The van der Waals surface area contributed by atoms with Gasteiger partial charge in [0.25, 0.3) is 0 Å². The molecular weight excluding hydrogens is 714 g/mol. The highest BCUT2D eigenvalue weighted by molar-refractivity contribution is 5.93. The first-order chi connectivity index (χ1) is 26.7. The third kappa shape index (κ3) is 11.0. The molecule has 0 amide bonds. The molecular formula is C38H37N7O10. The summed E-state index contributed by atoms with van der Waals surface area (Å²) in [7, 11) is 0. The standard InChI is InChI=1S/C38H37N7O10/c1-3-51-31(46)14-12-25-17-27(34-40-15-8-16-41-34)20-28(18-25)54-36-33(45(49)50)35(42-22-32(47)52-4-2)43-38(44-36)55-30-19-26(21-39)11-13-29(30)37(48)53-23-24-9-6-5-7-10-24/h5-7,9-11,13,15,17-20,34,41H,3-4,8,12,14,16,22-23H2,1-2H3,(H,42,43,44). The van der Waals surface area contributed by atoms with E-state index in [-0.39, 0.29) is 55.3 Å². The van der Waals surface area contributed by atoms with E-state index < -0.39 is 58.9 Å². The second-order valence-electron chi connectivity index (χ2n) is 11.7. The lowest BCUT2D eigenvalue weighted by Crippen LogP contribution is -2.25. The van der Waals surface area contributed by atoms with Gasteiger partial charge in [-0.1, -0.05) is 36.4 Å². The van der Waals surface area contributed by atoms with Crippen molar-refractivity contribution in [3.05, 3.63) is 105 Å². The van der Waals surface area contributed by atoms with Gasteiger partial charge in [-0.05, 0) is 73.7 Å². The monoisotopic (exact) mass is 751 g/mol. The Labute approximate surface area is 315 Å². The Morgan fingerprint density at radius 1 is 0.964 bits per heavy atom. The number of aromatic nitrogens is 2. The zero-order valence-corrected chi connectivity index (χ0v) is 30.0. The number of aliphatic imine (C=N–C) groups is 1. The van der Waals surface area contributed by atoms with Crippen molar-refractivity contribution in [2.45, 2.75) is 45.9 Å². The van der Waals surface area contributed by atoms with E-state index in [1.165, 1.54) is 18.2 Å². The number of nitriles is 1. The molecule has 17 heteroatoms. The van der Waals surface area contributed by atoms with Gasteiger partial charge >= 0.3 is 35.5 Å². The van der Waals surface area contributed by atoms with Gasteiger partial charge < -0.3 is 29.0 Å². The van der Waals surface area contributed by atoms with Crippen molar-refractivity contribution in [2.75, 3.05) is 31.6 Å². The number of nitro groups is 1. The molecule has 2 heterocycles. The van der Waals surface area contributed by atoms with Crippen LogP contribution in [0.25, 0.3) is 0 Å². The zero-order chi connectivity index (χ0) is 39.2. The summed E-state index contributed by atoms with van der Waals surface area (Å²) in [5.41, 5.74) is 1.28. The van der Waals surface area contributed by atoms with Crippen LogP contribution in [0.1, 0.15) is 65.5 Å². The van der Waals surface area contributed by atoms with Crippen LogP contribution in [-0.4, -0.2) is 65.3 Å². The van der Waals surface area contributed by atoms with E-state index in [1.807, 2.05) is 18.2 Å². The first kappa shape index (κ1) is 39.3. The number of nitrogens with one attached hydrogen (secondary N) is 2. The van der Waals surface area contributed by atoms with E-state index in [2.05, 4.69) is 25.6 Å². The maximum atomic E-state index is 13.3. The first-order valence-corrected chi connectivity index (χ1v) is 17.3. The van der Waals surface area contributed by atoms with Crippen molar-refractivity contribution in [3.8, 4) is 29.5 Å². The zero-order valence-electron chi connectivity index (χ0n) is 30.0. The highest BCUT2D eigenvalue weighted by Gasteiger charge is 2.30. The molecule has 4 aromatic rings. The lowest BCUT2D eigenvalue weighted by atomic mass is 10.0. The van der Waals surface area contributed by atoms with Crippen LogP contribution >= 0.6 is 0 Å². The van der Waals surface area contributed by atoms with Gasteiger partial charge in [0.1, 0.15) is 36.4 Å². The SMILES string of the molecule is CCOC(=O)CCc1cc(Oc2nc(Oc3cc(C#N)ccc3C(=O)OCc3ccccc3)nc(NCC(=O)OCC)c2[N+](=O)[O-])cc(C2N=CCCN2)c1. The van der Waals surface area contributed by atoms with Crippen molar-refractivity contribution in [1.82, 2.24) is 15.3 Å². The number of benzene rings is 3. The summed E-state index contributed by atoms with van der Waals surface area (Å²) in [6, 6.07) is 19.4. The van der Waals surface area contributed by atoms with Crippen LogP contribution < -0.4 is 20.1 Å². The van der Waals surface area contributed by atoms with E-state index in [0.717, 1.165) is 12.0 Å². The second kappa shape index (κ2) is 19.2. The van der Waals surface area contributed by atoms with Crippen LogP contribution in [-0.2, 0) is 36.8 Å². The Hall–Kier alpha value is -6.93. The summed E-state index contributed by atoms with van der Waals surface area (Å²) in [4.78, 5) is 62.4. The molecule has 5 rings (SSSR count). The summed E-state index contributed by atoms with van der Waals surface area (Å²) in [6.45, 7) is 3.66. The fourth-order valence-electron chi connectivity index (χ4n) is 5.29. The minimum Gasteiger partial charge on any atom is -0.466 e. The fourth-order valence-corrected chi connectivity index (χ4v) is 5.29. The van der Waals surface area contributed by atoms with Gasteiger partial charge in [-0.2, -0.15) is 15.2 Å². The van der Waals surface area contributed by atoms with Crippen LogP contribution in [0, 0.1) is 21.4 Å². The Balaban J connectivity index is 1.56. The van der Waals surface area contributed by atoms with Gasteiger partial charge in [-0.15, -0.1) is 0 Å². The van der Waals surface area contributed by atoms with E-state index in [1.54, 1.807) is 56.5 Å². The molecule has 1 aliphatic rings. The molecule has 0 spiro atoms. The van der Waals surface area contributed by atoms with Gasteiger partial charge in [0.2, 0.25) is 5.82 Å². The van der Waals surface area contributed by atoms with E-state index >= 15 is 0 Å². The smallest absolute Gasteiger partial charge is 0.373 e. The van der Waals surface area contributed by atoms with Crippen LogP contribution in [0.15, 0.2) is 71.7 Å². The van der Waals surface area contributed by atoms with Crippen molar-refractivity contribution >= 4 is 35.6 Å². The Morgan fingerprint density at radius 2 is 1.75 bits per heavy atom. The maximum absolute atomic E-state index is 13.3. The molecule has 0 radical (unpaired) electrons. The number of ether oxygens (including phenoxy) is 5. The molecule has 284 valence electrons. The molecule has 17 nitrogen and oxygen atoms in total. The lowest BCUT2D eigenvalue weighted by Gasteiger charge is -2.20. The minimum absolute atomic E-state index is 0.0578. The molecule has 3 aromatic carbocycles. The van der Waals surface area contributed by atoms with E-state index in [9.17, 15) is 29.8 Å². The van der Waals surface area contributed by atoms with Gasteiger partial charge in [-0.25, -0.2) is 4.79 Å². The van der Waals surface area contributed by atoms with Crippen molar-refractivity contribution in [1.29, 1.82) is 5.26 Å². The summed E-state index contributed by atoms with van der Waals surface area (Å²) >= 11 is 0. The van der Waals surface area contributed by atoms with Crippen molar-refractivity contribution < 1.29 is 43.0 Å². The molecule has 2 N–H and O–H groups in total. The first-order valence-electron chi connectivity index (χ1n) is 17.3. The van der Waals surface area contributed by atoms with Crippen molar-refractivity contribution in [2.24, 2.45) is 4.99 Å². The topological polar surface area (TPSA) is 226 Å². The minimum atomic E-state index is -0.798. The Kier molecular flexibility index (Phi) is 13.7. The molecule has 55 heavy (non-hydrogen) atoms. The lowest BCUT2D eigenvalue weighted by molar-refractivity contribution is -0.385. The van der Waals surface area contributed by atoms with Crippen LogP contribution in [0.4, 0.5) is 11.5 Å². The third-order valence-electron chi connectivity index (χ3n) is 7.77. The number of rotatable bonds is 17. The summed E-state index contributed by atoms with van der Waals surface area (Å²) < 4.78 is 27.6. The quantitative estimate of drug-likeness (QED) is 0.0568. The molecule has 1 aliphatic heterocycles. The highest BCUT2D eigenvalue weighted by Crippen LogP contribution is 2.39. The van der Waals surface area contributed by atoms with Crippen molar-refractivity contribution in [3.63, 3.8) is 0 Å². The average molecular weight is 752 g/mol. The average Bonchev–Trinajstić information content (AvgIpc) is 3.19. The number of carbonyl (C=O) groups is 3. The highest BCUT2D eigenvalue weighted by atomic mass is 16.6. The van der Waals surface area contributed by atoms with Crippen LogP contribution in [0.2, 0.25) is 0 Å². The van der Waals surface area contributed by atoms with E-state index in [4.69, 9.17) is 23.7 Å². The number of nitrogens with zero attached hydrogens (tertiary/aromatic N) is 5. The number of hydrogen-bond acceptors (Lipinski definition) is 16. The Bertz CT molecular complexity index is 2100. The molecule has 1 atom stereocenters. The largest absolute Gasteiger partial charge is 0.466 e. The molecule has 1 unspecified atom stereocenters. The third-order valence-corrected chi connectivity index (χ3v) is 7.77. The molecule has 0 aliphatic carbocycles. The summed E-state index contributed by atoms with van der Waals surface area (Å²) in [6.07, 6.45) is 2.35. The summed E-state index contributed by atoms with van der Waals surface area (Å²) in [5, 5.41) is 28.1. The normalized spacial score (nSPS) is 13.2. The second-order valence-corrected chi connectivity index (χ2v) is 11.7. The number of aryl methyl sites for hydroxylation is 1. The summed E-state index contributed by atoms with van der Waals surface area (Å²) in [5.74, 6) is -3.10. The van der Waals surface area contributed by atoms with Crippen LogP contribution in [0.3, 0.4) is 0 Å². The number of anilines is 1. The Morgan fingerprint density at radius 3 is 2.45 bits per heavy atom. The predicted octanol–water partition coefficient (Wildman–Crippen LogP) is 5.73. The fraction of sp³-hybridized carbons (Fsp3) is 0.289. The van der Waals surface area contributed by atoms with Gasteiger partial charge in [0.05, 0.1) is 29.8 Å². The number of esters is 3. The van der Waals surface area contributed by atoms with E-state index in [0.29, 0.717) is 17.7 Å². The molecule has 0 fully saturated rings. The molecule has 0 saturated heterocycles. The predicted molar refractivity (Wildman–Crippen MR) is 196 cm³/mol. The molecule has 0 bridgehead atoms. The molecule has 0 saturated carbocycles. The van der Waals surface area contributed by atoms with Crippen LogP contribution in [0.5, 0.6) is 23.4 Å². The van der Waals surface area contributed by atoms with Gasteiger partial charge in [-0.3, -0.25) is 30.0 Å². The number of hydrogen-bond donors (Lipinski definition) is 2. The van der Waals surface area contributed by atoms with Gasteiger partial charge in [0.15, 0.2) is 0 Å². The number of carbonyl (C=O) groups excluding carboxylic acids is 3.